The van der Waals surface area contributed by atoms with E-state index >= 15 is 0 Å². The second-order valence-electron chi connectivity index (χ2n) is 4.33. The van der Waals surface area contributed by atoms with Crippen LogP contribution in [0.15, 0.2) is 24.3 Å². The van der Waals surface area contributed by atoms with Gasteiger partial charge in [0.1, 0.15) is 6.10 Å². The molecule has 0 unspecified atom stereocenters. The van der Waals surface area contributed by atoms with Crippen LogP contribution in [0.3, 0.4) is 0 Å². The average Bonchev–Trinajstić information content (AvgIpc) is 2.39. The summed E-state index contributed by atoms with van der Waals surface area (Å²) in [4.78, 5) is 11.2. The van der Waals surface area contributed by atoms with E-state index in [1.54, 1.807) is 25.1 Å². The zero-order valence-electron chi connectivity index (χ0n) is 11.6. The van der Waals surface area contributed by atoms with Gasteiger partial charge in [0.2, 0.25) is 0 Å². The van der Waals surface area contributed by atoms with E-state index in [-0.39, 0.29) is 17.6 Å². The molecule has 1 aromatic carbocycles. The molecular weight excluding hydrogens is 245 g/mol. The Kier molecular flexibility index (Phi) is 6.22. The molecule has 1 aromatic rings. The minimum Gasteiger partial charge on any atom is -0.486 e. The first-order chi connectivity index (χ1) is 9.06. The van der Waals surface area contributed by atoms with Crippen LogP contribution in [-0.4, -0.2) is 25.5 Å². The Morgan fingerprint density at radius 1 is 1.53 bits per heavy atom. The predicted octanol–water partition coefficient (Wildman–Crippen LogP) is 2.80. The van der Waals surface area contributed by atoms with Crippen LogP contribution in [0.25, 0.3) is 6.08 Å². The van der Waals surface area contributed by atoms with Gasteiger partial charge in [0.25, 0.3) is 0 Å². The van der Waals surface area contributed by atoms with Crippen molar-refractivity contribution in [3.63, 3.8) is 0 Å². The molecule has 0 amide bonds. The molecule has 0 saturated carbocycles. The Morgan fingerprint density at radius 3 is 2.89 bits per heavy atom. The lowest BCUT2D eigenvalue weighted by molar-refractivity contribution is -0.114. The number of carbonyl (C=O) groups is 1. The molecule has 0 saturated heterocycles. The third kappa shape index (κ3) is 5.22. The molecule has 0 heterocycles. The van der Waals surface area contributed by atoms with E-state index in [0.717, 1.165) is 5.56 Å². The molecule has 104 valence electrons. The number of allylic oxidation sites excluding steroid dienone is 1. The Morgan fingerprint density at radius 2 is 2.26 bits per heavy atom. The summed E-state index contributed by atoms with van der Waals surface area (Å²) < 4.78 is 19.1. The average molecular weight is 265 g/mol. The van der Waals surface area contributed by atoms with Crippen LogP contribution in [0.4, 0.5) is 4.39 Å². The van der Waals surface area contributed by atoms with Crippen LogP contribution >= 0.6 is 0 Å². The Hall–Kier alpha value is -1.68. The minimum absolute atomic E-state index is 0.0374. The highest BCUT2D eigenvalue weighted by molar-refractivity contribution is 5.93. The topological polar surface area (TPSA) is 38.3 Å². The summed E-state index contributed by atoms with van der Waals surface area (Å²) in [5.74, 6) is -0.161. The van der Waals surface area contributed by atoms with Gasteiger partial charge in [-0.25, -0.2) is 4.39 Å². The third-order valence-corrected chi connectivity index (χ3v) is 2.59. The summed E-state index contributed by atoms with van der Waals surface area (Å²) in [6.45, 7) is 4.29. The molecule has 1 atom stereocenters. The van der Waals surface area contributed by atoms with Crippen molar-refractivity contribution < 1.29 is 13.9 Å². The highest BCUT2D eigenvalue weighted by Crippen LogP contribution is 2.21. The molecule has 1 rings (SSSR count). The quantitative estimate of drug-likeness (QED) is 0.770. The van der Waals surface area contributed by atoms with Crippen LogP contribution in [0.1, 0.15) is 25.8 Å². The van der Waals surface area contributed by atoms with Crippen molar-refractivity contribution in [3.05, 3.63) is 35.7 Å². The van der Waals surface area contributed by atoms with Crippen molar-refractivity contribution in [2.45, 2.75) is 26.4 Å². The predicted molar refractivity (Wildman–Crippen MR) is 74.7 cm³/mol. The molecule has 0 fully saturated rings. The van der Waals surface area contributed by atoms with Gasteiger partial charge in [-0.15, -0.1) is 0 Å². The van der Waals surface area contributed by atoms with Gasteiger partial charge in [-0.1, -0.05) is 19.1 Å². The Balaban J connectivity index is 2.82. The number of hydrogen-bond acceptors (Lipinski definition) is 3. The fourth-order valence-electron chi connectivity index (χ4n) is 1.57. The van der Waals surface area contributed by atoms with Crippen molar-refractivity contribution in [1.29, 1.82) is 0 Å². The first-order valence-corrected chi connectivity index (χ1v) is 6.38. The number of carbonyl (C=O) groups excluding carboxylic acids is 1. The van der Waals surface area contributed by atoms with Crippen LogP contribution < -0.4 is 10.1 Å². The molecule has 0 radical (unpaired) electrons. The van der Waals surface area contributed by atoms with Gasteiger partial charge in [0.05, 0.1) is 0 Å². The lowest BCUT2D eigenvalue weighted by atomic mass is 10.1. The van der Waals surface area contributed by atoms with Gasteiger partial charge in [0.15, 0.2) is 17.3 Å². The van der Waals surface area contributed by atoms with E-state index < -0.39 is 5.82 Å². The number of halogens is 1. The number of likely N-dealkylation sites (N-methyl/N-ethyl adjacent to an activating group) is 1. The van der Waals surface area contributed by atoms with Gasteiger partial charge < -0.3 is 10.1 Å². The second kappa shape index (κ2) is 7.69. The number of hydrogen-bond donors (Lipinski definition) is 1. The summed E-state index contributed by atoms with van der Waals surface area (Å²) in [6.07, 6.45) is 3.49. The highest BCUT2D eigenvalue weighted by atomic mass is 19.1. The van der Waals surface area contributed by atoms with E-state index in [2.05, 4.69) is 5.32 Å². The van der Waals surface area contributed by atoms with Crippen LogP contribution in [0.2, 0.25) is 0 Å². The van der Waals surface area contributed by atoms with Crippen LogP contribution in [0, 0.1) is 5.82 Å². The summed E-state index contributed by atoms with van der Waals surface area (Å²) in [5.41, 5.74) is 0.745. The first kappa shape index (κ1) is 15.4. The molecule has 3 nitrogen and oxygen atoms in total. The smallest absolute Gasteiger partial charge is 0.165 e. The SMILES string of the molecule is CCC(=O)/C=C/c1ccc(F)c(O[C@@H](C)CNC)c1. The summed E-state index contributed by atoms with van der Waals surface area (Å²) in [7, 11) is 1.81. The van der Waals surface area contributed by atoms with E-state index in [0.29, 0.717) is 13.0 Å². The van der Waals surface area contributed by atoms with Gasteiger partial charge in [-0.3, -0.25) is 4.79 Å². The summed E-state index contributed by atoms with van der Waals surface area (Å²) in [5, 5.41) is 2.96. The summed E-state index contributed by atoms with van der Waals surface area (Å²) in [6, 6.07) is 4.56. The number of benzene rings is 1. The lowest BCUT2D eigenvalue weighted by Gasteiger charge is -2.15. The van der Waals surface area contributed by atoms with Gasteiger partial charge in [0, 0.05) is 13.0 Å². The molecular formula is C15H20FNO2. The summed E-state index contributed by atoms with van der Waals surface area (Å²) >= 11 is 0. The first-order valence-electron chi connectivity index (χ1n) is 6.38. The largest absolute Gasteiger partial charge is 0.486 e. The standard InChI is InChI=1S/C15H20FNO2/c1-4-13(18)7-5-12-6-8-14(16)15(9-12)19-11(2)10-17-3/h5-9,11,17H,4,10H2,1-3H3/b7-5+/t11-/m0/s1. The number of ether oxygens (including phenoxy) is 1. The van der Waals surface area contributed by atoms with Gasteiger partial charge >= 0.3 is 0 Å². The molecule has 19 heavy (non-hydrogen) atoms. The third-order valence-electron chi connectivity index (χ3n) is 2.59. The van der Waals surface area contributed by atoms with E-state index in [9.17, 15) is 9.18 Å². The molecule has 0 aromatic heterocycles. The number of rotatable bonds is 7. The highest BCUT2D eigenvalue weighted by Gasteiger charge is 2.08. The Labute approximate surface area is 113 Å². The van der Waals surface area contributed by atoms with Gasteiger partial charge in [-0.2, -0.15) is 0 Å². The Bertz CT molecular complexity index is 457. The normalized spacial score (nSPS) is 12.6. The monoisotopic (exact) mass is 265 g/mol. The minimum atomic E-state index is -0.401. The number of ketones is 1. The molecule has 4 heteroatoms. The molecule has 1 N–H and O–H groups in total. The molecule has 0 aliphatic carbocycles. The van der Waals surface area contributed by atoms with Crippen molar-refractivity contribution in [2.75, 3.05) is 13.6 Å². The zero-order chi connectivity index (χ0) is 14.3. The van der Waals surface area contributed by atoms with E-state index in [1.165, 1.54) is 12.1 Å². The maximum atomic E-state index is 13.6. The molecule has 0 aliphatic heterocycles. The van der Waals surface area contributed by atoms with E-state index in [4.69, 9.17) is 4.74 Å². The zero-order valence-corrected chi connectivity index (χ0v) is 11.6. The van der Waals surface area contributed by atoms with Crippen molar-refractivity contribution in [3.8, 4) is 5.75 Å². The van der Waals surface area contributed by atoms with Crippen LogP contribution in [0.5, 0.6) is 5.75 Å². The van der Waals surface area contributed by atoms with Crippen molar-refractivity contribution >= 4 is 11.9 Å². The molecule has 0 spiro atoms. The maximum Gasteiger partial charge on any atom is 0.165 e. The van der Waals surface area contributed by atoms with E-state index in [1.807, 2.05) is 14.0 Å². The molecule has 0 aliphatic rings. The lowest BCUT2D eigenvalue weighted by Crippen LogP contribution is -2.26. The van der Waals surface area contributed by atoms with Crippen molar-refractivity contribution in [2.24, 2.45) is 0 Å². The van der Waals surface area contributed by atoms with Gasteiger partial charge in [-0.05, 0) is 37.7 Å². The second-order valence-corrected chi connectivity index (χ2v) is 4.33. The fraction of sp³-hybridized carbons (Fsp3) is 0.400. The maximum absolute atomic E-state index is 13.6. The number of nitrogens with one attached hydrogen (secondary N) is 1. The van der Waals surface area contributed by atoms with Crippen molar-refractivity contribution in [1.82, 2.24) is 5.32 Å². The molecule has 0 bridgehead atoms. The van der Waals surface area contributed by atoms with Crippen LogP contribution in [-0.2, 0) is 4.79 Å². The fourth-order valence-corrected chi connectivity index (χ4v) is 1.57.